The van der Waals surface area contributed by atoms with Gasteiger partial charge >= 0.3 is 0 Å². The summed E-state index contributed by atoms with van der Waals surface area (Å²) in [4.78, 5) is -0.489. The van der Waals surface area contributed by atoms with Gasteiger partial charge in [-0.1, -0.05) is 22.0 Å². The molecule has 3 heteroatoms. The lowest BCUT2D eigenvalue weighted by Crippen LogP contribution is -2.08. The van der Waals surface area contributed by atoms with E-state index < -0.39 is 16.5 Å². The Labute approximate surface area is 133 Å². The van der Waals surface area contributed by atoms with Crippen molar-refractivity contribution in [3.05, 3.63) is 68.8 Å². The van der Waals surface area contributed by atoms with Crippen LogP contribution in [0.5, 0.6) is 0 Å². The number of hydrogen-bond acceptors (Lipinski definition) is 0. The molecule has 0 spiro atoms. The van der Waals surface area contributed by atoms with Crippen LogP contribution in [0.3, 0.4) is 0 Å². The lowest BCUT2D eigenvalue weighted by molar-refractivity contribution is 0.560. The van der Waals surface area contributed by atoms with Gasteiger partial charge in [0.05, 0.1) is 4.83 Å². The summed E-state index contributed by atoms with van der Waals surface area (Å²) in [5.41, 5.74) is 6.79. The van der Waals surface area contributed by atoms with E-state index >= 15 is 0 Å². The Balaban J connectivity index is 2.73. The molecule has 2 rings (SSSR count). The maximum absolute atomic E-state index is 14.1. The predicted molar refractivity (Wildman–Crippen MR) is 87.3 cm³/mol. The van der Waals surface area contributed by atoms with Gasteiger partial charge in [0.2, 0.25) is 0 Å². The van der Waals surface area contributed by atoms with Gasteiger partial charge in [0.25, 0.3) is 0 Å². The molecule has 0 amide bonds. The summed E-state index contributed by atoms with van der Waals surface area (Å²) in [7, 11) is 0. The molecule has 0 saturated heterocycles. The minimum Gasteiger partial charge on any atom is -0.207 e. The third-order valence-electron chi connectivity index (χ3n) is 4.56. The first-order valence-corrected chi connectivity index (χ1v) is 7.83. The zero-order valence-electron chi connectivity index (χ0n) is 12.9. The fraction of sp³-hybridized carbons (Fsp3) is 0.333. The Bertz CT molecular complexity index is 656. The predicted octanol–water partition coefficient (Wildman–Crippen LogP) is 5.99. The molecule has 2 aromatic rings. The molecule has 0 nitrogen and oxygen atoms in total. The maximum Gasteiger partial charge on any atom is 0.130 e. The number of hydrogen-bond donors (Lipinski definition) is 0. The normalized spacial score (nSPS) is 12.6. The summed E-state index contributed by atoms with van der Waals surface area (Å²) in [5.74, 6) is -1.04. The van der Waals surface area contributed by atoms with Gasteiger partial charge in [-0.05, 0) is 80.1 Å². The summed E-state index contributed by atoms with van der Waals surface area (Å²) in [5, 5.41) is 0. The molecular weight excluding hydrogens is 334 g/mol. The van der Waals surface area contributed by atoms with Crippen molar-refractivity contribution in [2.24, 2.45) is 0 Å². The van der Waals surface area contributed by atoms with Crippen molar-refractivity contribution in [3.63, 3.8) is 0 Å². The minimum absolute atomic E-state index is 0.0753. The molecule has 0 fully saturated rings. The van der Waals surface area contributed by atoms with Gasteiger partial charge in [0.1, 0.15) is 11.6 Å². The maximum atomic E-state index is 14.1. The topological polar surface area (TPSA) is 0 Å². The molecule has 1 unspecified atom stereocenters. The third kappa shape index (κ3) is 2.64. The van der Waals surface area contributed by atoms with E-state index in [1.165, 1.54) is 34.9 Å². The average Bonchev–Trinajstić information content (AvgIpc) is 2.43. The number of benzene rings is 2. The van der Waals surface area contributed by atoms with Crippen molar-refractivity contribution in [2.45, 2.75) is 39.4 Å². The standard InChI is InChI=1S/C18H19BrF2/c1-9-10(2)12(4)16(13(5)11(9)3)18(19)17-14(20)7-6-8-15(17)21/h6-8,18H,1-5H3. The molecule has 0 aliphatic rings. The largest absolute Gasteiger partial charge is 0.207 e. The van der Waals surface area contributed by atoms with Gasteiger partial charge in [0, 0.05) is 5.56 Å². The van der Waals surface area contributed by atoms with Crippen LogP contribution >= 0.6 is 15.9 Å². The van der Waals surface area contributed by atoms with Crippen LogP contribution in [0, 0.1) is 46.3 Å². The molecule has 0 bridgehead atoms. The van der Waals surface area contributed by atoms with E-state index in [4.69, 9.17) is 0 Å². The fourth-order valence-electron chi connectivity index (χ4n) is 2.81. The molecule has 0 aliphatic heterocycles. The Morgan fingerprint density at radius 2 is 1.10 bits per heavy atom. The highest BCUT2D eigenvalue weighted by Crippen LogP contribution is 2.40. The van der Waals surface area contributed by atoms with Crippen LogP contribution in [-0.2, 0) is 0 Å². The summed E-state index contributed by atoms with van der Waals surface area (Å²) in [6.45, 7) is 10.2. The quantitative estimate of drug-likeness (QED) is 0.582. The lowest BCUT2D eigenvalue weighted by Gasteiger charge is -2.23. The molecule has 0 N–H and O–H groups in total. The highest BCUT2D eigenvalue weighted by molar-refractivity contribution is 9.09. The highest BCUT2D eigenvalue weighted by Gasteiger charge is 2.24. The molecule has 112 valence electrons. The summed E-state index contributed by atoms with van der Waals surface area (Å²) in [6.07, 6.45) is 0. The number of alkyl halides is 1. The molecule has 0 radical (unpaired) electrons. The molecule has 0 aliphatic carbocycles. The van der Waals surface area contributed by atoms with Crippen molar-refractivity contribution in [1.82, 2.24) is 0 Å². The van der Waals surface area contributed by atoms with Crippen molar-refractivity contribution in [2.75, 3.05) is 0 Å². The molecule has 2 aromatic carbocycles. The highest BCUT2D eigenvalue weighted by atomic mass is 79.9. The van der Waals surface area contributed by atoms with E-state index in [1.54, 1.807) is 0 Å². The first-order valence-electron chi connectivity index (χ1n) is 6.92. The van der Waals surface area contributed by atoms with Crippen molar-refractivity contribution in [1.29, 1.82) is 0 Å². The second-order valence-corrected chi connectivity index (χ2v) is 6.45. The van der Waals surface area contributed by atoms with E-state index in [1.807, 2.05) is 13.8 Å². The van der Waals surface area contributed by atoms with Gasteiger partial charge < -0.3 is 0 Å². The van der Waals surface area contributed by atoms with Crippen molar-refractivity contribution >= 4 is 15.9 Å². The van der Waals surface area contributed by atoms with Gasteiger partial charge in [-0.3, -0.25) is 0 Å². The monoisotopic (exact) mass is 352 g/mol. The van der Waals surface area contributed by atoms with Crippen LogP contribution in [0.1, 0.15) is 43.8 Å². The Hall–Kier alpha value is -1.22. The van der Waals surface area contributed by atoms with Crippen molar-refractivity contribution < 1.29 is 8.78 Å². The molecule has 1 atom stereocenters. The van der Waals surface area contributed by atoms with Gasteiger partial charge in [-0.25, -0.2) is 8.78 Å². The average molecular weight is 353 g/mol. The van der Waals surface area contributed by atoms with Crippen LogP contribution in [0.4, 0.5) is 8.78 Å². The smallest absolute Gasteiger partial charge is 0.130 e. The Kier molecular flexibility index (Phi) is 4.52. The minimum atomic E-state index is -0.522. The van der Waals surface area contributed by atoms with E-state index in [2.05, 4.69) is 36.7 Å². The zero-order chi connectivity index (χ0) is 15.9. The van der Waals surface area contributed by atoms with Gasteiger partial charge in [0.15, 0.2) is 0 Å². The van der Waals surface area contributed by atoms with Gasteiger partial charge in [-0.15, -0.1) is 0 Å². The molecule has 0 aromatic heterocycles. The second-order valence-electron chi connectivity index (χ2n) is 5.54. The van der Waals surface area contributed by atoms with Crippen LogP contribution < -0.4 is 0 Å². The Morgan fingerprint density at radius 3 is 1.52 bits per heavy atom. The number of halogens is 3. The van der Waals surface area contributed by atoms with E-state index in [0.29, 0.717) is 0 Å². The van der Waals surface area contributed by atoms with Crippen LogP contribution in [0.25, 0.3) is 0 Å². The molecule has 0 heterocycles. The third-order valence-corrected chi connectivity index (χ3v) is 5.48. The number of rotatable bonds is 2. The molecule has 0 saturated carbocycles. The van der Waals surface area contributed by atoms with Crippen LogP contribution in [-0.4, -0.2) is 0 Å². The summed E-state index contributed by atoms with van der Waals surface area (Å²) >= 11 is 3.51. The van der Waals surface area contributed by atoms with Crippen LogP contribution in [0.15, 0.2) is 18.2 Å². The first kappa shape index (κ1) is 16.2. The van der Waals surface area contributed by atoms with Crippen LogP contribution in [0.2, 0.25) is 0 Å². The lowest BCUT2D eigenvalue weighted by atomic mass is 9.86. The van der Waals surface area contributed by atoms with E-state index in [9.17, 15) is 8.78 Å². The van der Waals surface area contributed by atoms with Crippen molar-refractivity contribution in [3.8, 4) is 0 Å². The van der Waals surface area contributed by atoms with Gasteiger partial charge in [-0.2, -0.15) is 0 Å². The van der Waals surface area contributed by atoms with E-state index in [-0.39, 0.29) is 5.56 Å². The fourth-order valence-corrected chi connectivity index (χ4v) is 3.93. The Morgan fingerprint density at radius 1 is 0.714 bits per heavy atom. The molecule has 21 heavy (non-hydrogen) atoms. The summed E-state index contributed by atoms with van der Waals surface area (Å²) < 4.78 is 28.1. The van der Waals surface area contributed by atoms with E-state index in [0.717, 1.165) is 16.7 Å². The second kappa shape index (κ2) is 5.88. The summed E-state index contributed by atoms with van der Waals surface area (Å²) in [6, 6.07) is 3.98. The SMILES string of the molecule is Cc1c(C)c(C)c(C(Br)c2c(F)cccc2F)c(C)c1C. The molecular formula is C18H19BrF2. The zero-order valence-corrected chi connectivity index (χ0v) is 14.5. The first-order chi connectivity index (χ1) is 9.77.